The summed E-state index contributed by atoms with van der Waals surface area (Å²) in [6, 6.07) is 2.47. The van der Waals surface area contributed by atoms with Gasteiger partial charge in [-0.05, 0) is 79.8 Å². The number of halogens is 1. The number of hydrogen-bond acceptors (Lipinski definition) is 8. The zero-order chi connectivity index (χ0) is 29.9. The number of rotatable bonds is 15. The van der Waals surface area contributed by atoms with E-state index in [-0.39, 0.29) is 31.6 Å². The highest BCUT2D eigenvalue weighted by molar-refractivity contribution is 14.1. The van der Waals surface area contributed by atoms with Crippen LogP contribution in [0.4, 0.5) is 0 Å². The number of benzene rings is 1. The van der Waals surface area contributed by atoms with Crippen molar-refractivity contribution in [2.75, 3.05) is 33.4 Å². The fourth-order valence-electron chi connectivity index (χ4n) is 5.45. The Morgan fingerprint density at radius 3 is 2.61 bits per heavy atom. The molecule has 1 saturated carbocycles. The molecule has 10 nitrogen and oxygen atoms in total. The van der Waals surface area contributed by atoms with Gasteiger partial charge in [-0.15, -0.1) is 0 Å². The average molecular weight is 687 g/mol. The average Bonchev–Trinajstić information content (AvgIpc) is 3.46. The third-order valence-corrected chi connectivity index (χ3v) is 8.31. The molecule has 1 fully saturated rings. The van der Waals surface area contributed by atoms with Gasteiger partial charge in [0.05, 0.1) is 29.4 Å². The predicted molar refractivity (Wildman–Crippen MR) is 162 cm³/mol. The van der Waals surface area contributed by atoms with Crippen molar-refractivity contribution in [1.29, 1.82) is 0 Å². The number of nitrogens with zero attached hydrogens (tertiary/aromatic N) is 1. The van der Waals surface area contributed by atoms with Gasteiger partial charge in [-0.1, -0.05) is 12.8 Å². The summed E-state index contributed by atoms with van der Waals surface area (Å²) in [6.07, 6.45) is 5.58. The SMILES string of the molecule is COc1cc(C=O)cc(I)c1OC1C=C(C(=O)NCCO)CC(N(CCCOC(C)C)C(=O)CC2CCCC2)C1O. The maximum absolute atomic E-state index is 13.7. The van der Waals surface area contributed by atoms with Crippen molar-refractivity contribution in [3.8, 4) is 11.5 Å². The van der Waals surface area contributed by atoms with Crippen LogP contribution >= 0.6 is 22.6 Å². The first-order valence-electron chi connectivity index (χ1n) is 14.4. The molecule has 1 aromatic carbocycles. The van der Waals surface area contributed by atoms with E-state index in [0.717, 1.165) is 25.7 Å². The second-order valence-corrected chi connectivity index (χ2v) is 12.0. The van der Waals surface area contributed by atoms with Gasteiger partial charge < -0.3 is 34.6 Å². The molecule has 0 bridgehead atoms. The molecule has 3 atom stereocenters. The Morgan fingerprint density at radius 2 is 1.98 bits per heavy atom. The molecule has 2 aliphatic carbocycles. The standard InChI is InChI=1S/C30H43IN2O8/c1-19(2)40-12-6-10-33(27(36)15-20-7-4-5-8-20)24-16-22(30(38)32-9-11-34)17-25(28(24)37)41-29-23(31)13-21(18-35)14-26(29)39-3/h13-14,17-20,24-25,28,34,37H,4-12,15-16H2,1-3H3,(H,32,38). The lowest BCUT2D eigenvalue weighted by Gasteiger charge is -2.41. The van der Waals surface area contributed by atoms with Gasteiger partial charge in [0.25, 0.3) is 0 Å². The summed E-state index contributed by atoms with van der Waals surface area (Å²) in [5, 5.41) is 23.6. The van der Waals surface area contributed by atoms with Crippen molar-refractivity contribution in [2.45, 2.75) is 83.1 Å². The van der Waals surface area contributed by atoms with Crippen LogP contribution in [0, 0.1) is 9.49 Å². The molecular formula is C30H43IN2O8. The van der Waals surface area contributed by atoms with E-state index in [1.165, 1.54) is 7.11 Å². The smallest absolute Gasteiger partial charge is 0.247 e. The first-order valence-corrected chi connectivity index (χ1v) is 15.4. The number of ether oxygens (including phenoxy) is 3. The molecule has 11 heteroatoms. The molecule has 0 aromatic heterocycles. The van der Waals surface area contributed by atoms with Crippen LogP contribution < -0.4 is 14.8 Å². The van der Waals surface area contributed by atoms with E-state index in [2.05, 4.69) is 5.32 Å². The van der Waals surface area contributed by atoms with E-state index >= 15 is 0 Å². The largest absolute Gasteiger partial charge is 0.493 e. The summed E-state index contributed by atoms with van der Waals surface area (Å²) < 4.78 is 18.1. The third-order valence-electron chi connectivity index (χ3n) is 7.51. The van der Waals surface area contributed by atoms with Gasteiger partial charge in [0.1, 0.15) is 18.5 Å². The Hall–Kier alpha value is -2.22. The lowest BCUT2D eigenvalue weighted by Crippen LogP contribution is -2.55. The van der Waals surface area contributed by atoms with Gasteiger partial charge in [-0.3, -0.25) is 14.4 Å². The predicted octanol–water partition coefficient (Wildman–Crippen LogP) is 3.25. The van der Waals surface area contributed by atoms with Crippen LogP contribution in [0.3, 0.4) is 0 Å². The van der Waals surface area contributed by atoms with Crippen LogP contribution in [0.1, 0.15) is 69.2 Å². The summed E-state index contributed by atoms with van der Waals surface area (Å²) in [6.45, 7) is 4.60. The normalized spacial score (nSPS) is 21.0. The van der Waals surface area contributed by atoms with Crippen molar-refractivity contribution in [1.82, 2.24) is 10.2 Å². The van der Waals surface area contributed by atoms with E-state index in [0.29, 0.717) is 64.4 Å². The number of aliphatic hydroxyl groups is 2. The van der Waals surface area contributed by atoms with Gasteiger partial charge in [-0.2, -0.15) is 0 Å². The number of aliphatic hydroxyl groups excluding tert-OH is 2. The number of nitrogens with one attached hydrogen (secondary N) is 1. The molecule has 2 aliphatic rings. The molecule has 228 valence electrons. The molecule has 3 N–H and O–H groups in total. The molecule has 0 aliphatic heterocycles. The van der Waals surface area contributed by atoms with Gasteiger partial charge in [0.2, 0.25) is 11.8 Å². The van der Waals surface area contributed by atoms with E-state index in [1.807, 2.05) is 36.4 Å². The van der Waals surface area contributed by atoms with E-state index in [9.17, 15) is 24.6 Å². The van der Waals surface area contributed by atoms with E-state index in [1.54, 1.807) is 23.1 Å². The minimum atomic E-state index is -1.14. The molecule has 0 saturated heterocycles. The Balaban J connectivity index is 1.94. The molecule has 41 heavy (non-hydrogen) atoms. The molecular weight excluding hydrogens is 643 g/mol. The monoisotopic (exact) mass is 686 g/mol. The second-order valence-electron chi connectivity index (χ2n) is 10.9. The van der Waals surface area contributed by atoms with E-state index in [4.69, 9.17) is 14.2 Å². The van der Waals surface area contributed by atoms with Gasteiger partial charge in [-0.25, -0.2) is 0 Å². The number of hydrogen-bond donors (Lipinski definition) is 3. The summed E-state index contributed by atoms with van der Waals surface area (Å²) in [5.74, 6) is 0.504. The molecule has 0 radical (unpaired) electrons. The first-order chi connectivity index (χ1) is 19.7. The molecule has 3 rings (SSSR count). The second kappa shape index (κ2) is 16.4. The zero-order valence-electron chi connectivity index (χ0n) is 24.1. The minimum absolute atomic E-state index is 0.0521. The van der Waals surface area contributed by atoms with Gasteiger partial charge >= 0.3 is 0 Å². The lowest BCUT2D eigenvalue weighted by molar-refractivity contribution is -0.140. The highest BCUT2D eigenvalue weighted by Gasteiger charge is 2.41. The quantitative estimate of drug-likeness (QED) is 0.146. The molecule has 0 heterocycles. The molecule has 0 spiro atoms. The van der Waals surface area contributed by atoms with Crippen LogP contribution in [0.15, 0.2) is 23.8 Å². The first kappa shape index (κ1) is 33.3. The Morgan fingerprint density at radius 1 is 1.24 bits per heavy atom. The number of methoxy groups -OCH3 is 1. The minimum Gasteiger partial charge on any atom is -0.493 e. The maximum Gasteiger partial charge on any atom is 0.247 e. The highest BCUT2D eigenvalue weighted by atomic mass is 127. The molecule has 2 amide bonds. The summed E-state index contributed by atoms with van der Waals surface area (Å²) in [7, 11) is 1.46. The van der Waals surface area contributed by atoms with Crippen molar-refractivity contribution in [2.24, 2.45) is 5.92 Å². The van der Waals surface area contributed by atoms with Crippen molar-refractivity contribution < 1.29 is 38.8 Å². The Bertz CT molecular complexity index is 1070. The number of aldehydes is 1. The van der Waals surface area contributed by atoms with Crippen LogP contribution in [-0.4, -0.2) is 91.0 Å². The third kappa shape index (κ3) is 9.39. The van der Waals surface area contributed by atoms with Crippen LogP contribution in [-0.2, 0) is 14.3 Å². The summed E-state index contributed by atoms with van der Waals surface area (Å²) >= 11 is 2.03. The number of carbonyl (C=O) groups is 3. The Kier molecular flexibility index (Phi) is 13.3. The van der Waals surface area contributed by atoms with Crippen LogP contribution in [0.25, 0.3) is 0 Å². The van der Waals surface area contributed by atoms with Crippen molar-refractivity contribution in [3.63, 3.8) is 0 Å². The molecule has 1 aromatic rings. The summed E-state index contributed by atoms with van der Waals surface area (Å²) in [4.78, 5) is 39.9. The van der Waals surface area contributed by atoms with Crippen LogP contribution in [0.5, 0.6) is 11.5 Å². The topological polar surface area (TPSA) is 135 Å². The van der Waals surface area contributed by atoms with Gasteiger partial charge in [0, 0.05) is 43.7 Å². The highest BCUT2D eigenvalue weighted by Crippen LogP contribution is 2.37. The van der Waals surface area contributed by atoms with Crippen LogP contribution in [0.2, 0.25) is 0 Å². The zero-order valence-corrected chi connectivity index (χ0v) is 26.3. The van der Waals surface area contributed by atoms with Gasteiger partial charge in [0.15, 0.2) is 11.5 Å². The maximum atomic E-state index is 13.7. The van der Waals surface area contributed by atoms with Crippen molar-refractivity contribution >= 4 is 40.7 Å². The van der Waals surface area contributed by atoms with Crippen molar-refractivity contribution in [3.05, 3.63) is 32.9 Å². The fraction of sp³-hybridized carbons (Fsp3) is 0.633. The summed E-state index contributed by atoms with van der Waals surface area (Å²) in [5.41, 5.74) is 0.766. The fourth-order valence-corrected chi connectivity index (χ4v) is 6.20. The Labute approximate surface area is 255 Å². The number of carbonyl (C=O) groups excluding carboxylic acids is 3. The lowest BCUT2D eigenvalue weighted by atomic mass is 9.87. The number of amides is 2. The van der Waals surface area contributed by atoms with E-state index < -0.39 is 24.2 Å². The molecule has 3 unspecified atom stereocenters.